The highest BCUT2D eigenvalue weighted by Gasteiger charge is 2.41. The molecule has 0 fully saturated rings. The number of benzene rings is 2. The first-order chi connectivity index (χ1) is 11.1. The third-order valence-corrected chi connectivity index (χ3v) is 4.97. The Bertz CT molecular complexity index is 799. The fraction of sp³-hybridized carbons (Fsp3) is 0.263. The molecule has 1 aliphatic heterocycles. The number of carboxylic acid groups (broad SMARTS) is 1. The van der Waals surface area contributed by atoms with Gasteiger partial charge >= 0.3 is 5.97 Å². The van der Waals surface area contributed by atoms with Crippen LogP contribution in [0.1, 0.15) is 28.2 Å². The largest absolute Gasteiger partial charge is 0.480 e. The molecule has 4 nitrogen and oxygen atoms in total. The van der Waals surface area contributed by atoms with Crippen LogP contribution in [0.25, 0.3) is 0 Å². The molecule has 0 radical (unpaired) electrons. The van der Waals surface area contributed by atoms with E-state index >= 15 is 0 Å². The summed E-state index contributed by atoms with van der Waals surface area (Å²) in [5, 5.41) is 9.56. The van der Waals surface area contributed by atoms with Crippen molar-refractivity contribution in [3.8, 4) is 0 Å². The smallest absolute Gasteiger partial charge is 0.326 e. The molecule has 2 unspecified atom stereocenters. The Morgan fingerprint density at radius 1 is 0.913 bits per heavy atom. The molecule has 2 aromatic rings. The zero-order chi connectivity index (χ0) is 16.0. The zero-order valence-corrected chi connectivity index (χ0v) is 12.6. The third kappa shape index (κ3) is 2.22. The number of carbonyl (C=O) groups is 2. The maximum absolute atomic E-state index is 12.9. The number of carbonyl (C=O) groups excluding carboxylic acids is 1. The molecule has 23 heavy (non-hydrogen) atoms. The molecule has 0 spiro atoms. The molecule has 1 heterocycles. The summed E-state index contributed by atoms with van der Waals surface area (Å²) in [5.74, 6) is -1.19. The van der Waals surface area contributed by atoms with Gasteiger partial charge in [-0.05, 0) is 28.7 Å². The molecule has 1 amide bonds. The average Bonchev–Trinajstić information content (AvgIpc) is 2.54. The van der Waals surface area contributed by atoms with Gasteiger partial charge < -0.3 is 10.0 Å². The van der Waals surface area contributed by atoms with Crippen molar-refractivity contribution in [2.24, 2.45) is 0 Å². The minimum Gasteiger partial charge on any atom is -0.480 e. The standard InChI is InChI=1S/C19H17NO3/c21-18(16-9-13-6-3-4-8-15(13)16)20-11-14-7-2-1-5-12(14)10-17(20)19(22)23/h1-8,16-17H,9-11H2,(H,22,23). The highest BCUT2D eigenvalue weighted by Crippen LogP contribution is 2.38. The molecule has 0 aromatic heterocycles. The summed E-state index contributed by atoms with van der Waals surface area (Å²) < 4.78 is 0. The summed E-state index contributed by atoms with van der Waals surface area (Å²) in [5.41, 5.74) is 4.31. The minimum absolute atomic E-state index is 0.0643. The van der Waals surface area contributed by atoms with Gasteiger partial charge in [-0.1, -0.05) is 48.5 Å². The Morgan fingerprint density at radius 2 is 1.57 bits per heavy atom. The van der Waals surface area contributed by atoms with Gasteiger partial charge in [-0.15, -0.1) is 0 Å². The van der Waals surface area contributed by atoms with E-state index in [9.17, 15) is 14.7 Å². The second-order valence-electron chi connectivity index (χ2n) is 6.25. The number of aliphatic carboxylic acids is 1. The van der Waals surface area contributed by atoms with Crippen LogP contribution in [0.4, 0.5) is 0 Å². The van der Waals surface area contributed by atoms with Gasteiger partial charge in [0.2, 0.25) is 5.91 Å². The molecule has 116 valence electrons. The van der Waals surface area contributed by atoms with Crippen LogP contribution >= 0.6 is 0 Å². The van der Waals surface area contributed by atoms with E-state index < -0.39 is 12.0 Å². The lowest BCUT2D eigenvalue weighted by Crippen LogP contribution is -2.51. The molecule has 4 rings (SSSR count). The van der Waals surface area contributed by atoms with Gasteiger partial charge in [-0.25, -0.2) is 4.79 Å². The van der Waals surface area contributed by atoms with E-state index in [0.29, 0.717) is 19.4 Å². The molecule has 2 atom stereocenters. The summed E-state index contributed by atoms with van der Waals surface area (Å²) in [6.45, 7) is 0.380. The topological polar surface area (TPSA) is 57.6 Å². The first-order valence-corrected chi connectivity index (χ1v) is 7.83. The number of fused-ring (bicyclic) bond motifs is 2. The fourth-order valence-electron chi connectivity index (χ4n) is 3.65. The van der Waals surface area contributed by atoms with E-state index in [0.717, 1.165) is 16.7 Å². The normalized spacial score (nSPS) is 21.8. The molecular weight excluding hydrogens is 290 g/mol. The highest BCUT2D eigenvalue weighted by atomic mass is 16.4. The van der Waals surface area contributed by atoms with Crippen molar-refractivity contribution in [1.82, 2.24) is 4.90 Å². The lowest BCUT2D eigenvalue weighted by molar-refractivity contribution is -0.152. The fourth-order valence-corrected chi connectivity index (χ4v) is 3.65. The van der Waals surface area contributed by atoms with Gasteiger partial charge in [0.05, 0.1) is 5.92 Å². The quantitative estimate of drug-likeness (QED) is 0.926. The molecule has 1 aliphatic carbocycles. The number of hydrogen-bond acceptors (Lipinski definition) is 2. The van der Waals surface area contributed by atoms with Crippen molar-refractivity contribution < 1.29 is 14.7 Å². The van der Waals surface area contributed by atoms with Crippen LogP contribution < -0.4 is 0 Å². The molecule has 0 saturated heterocycles. The van der Waals surface area contributed by atoms with Gasteiger partial charge in [0, 0.05) is 13.0 Å². The highest BCUT2D eigenvalue weighted by molar-refractivity contribution is 5.91. The number of hydrogen-bond donors (Lipinski definition) is 1. The van der Waals surface area contributed by atoms with Crippen molar-refractivity contribution in [2.75, 3.05) is 0 Å². The SMILES string of the molecule is O=C(O)C1Cc2ccccc2CN1C(=O)C1Cc2ccccc21. The number of rotatable bonds is 2. The summed E-state index contributed by atoms with van der Waals surface area (Å²) in [7, 11) is 0. The van der Waals surface area contributed by atoms with Crippen LogP contribution in [0.15, 0.2) is 48.5 Å². The third-order valence-electron chi connectivity index (χ3n) is 4.97. The van der Waals surface area contributed by atoms with Gasteiger partial charge in [-0.2, -0.15) is 0 Å². The van der Waals surface area contributed by atoms with Crippen molar-refractivity contribution in [2.45, 2.75) is 31.3 Å². The van der Waals surface area contributed by atoms with Gasteiger partial charge in [0.1, 0.15) is 6.04 Å². The van der Waals surface area contributed by atoms with E-state index in [1.807, 2.05) is 48.5 Å². The second-order valence-corrected chi connectivity index (χ2v) is 6.25. The van der Waals surface area contributed by atoms with Gasteiger partial charge in [0.25, 0.3) is 0 Å². The van der Waals surface area contributed by atoms with Crippen molar-refractivity contribution >= 4 is 11.9 Å². The van der Waals surface area contributed by atoms with Crippen molar-refractivity contribution in [1.29, 1.82) is 0 Å². The predicted molar refractivity (Wildman–Crippen MR) is 85.0 cm³/mol. The van der Waals surface area contributed by atoms with Crippen LogP contribution in [0.2, 0.25) is 0 Å². The average molecular weight is 307 g/mol. The van der Waals surface area contributed by atoms with Crippen LogP contribution in [0.5, 0.6) is 0 Å². The molecule has 0 saturated carbocycles. The number of nitrogens with zero attached hydrogens (tertiary/aromatic N) is 1. The van der Waals surface area contributed by atoms with E-state index in [2.05, 4.69) is 0 Å². The molecular formula is C19H17NO3. The summed E-state index contributed by atoms with van der Waals surface area (Å²) in [6.07, 6.45) is 1.09. The van der Waals surface area contributed by atoms with Crippen molar-refractivity contribution in [3.63, 3.8) is 0 Å². The number of carboxylic acids is 1. The number of amides is 1. The monoisotopic (exact) mass is 307 g/mol. The molecule has 2 aromatic carbocycles. The van der Waals surface area contributed by atoms with E-state index in [4.69, 9.17) is 0 Å². The Hall–Kier alpha value is -2.62. The Labute approximate surface area is 134 Å². The van der Waals surface area contributed by atoms with Crippen LogP contribution in [0.3, 0.4) is 0 Å². The Morgan fingerprint density at radius 3 is 2.26 bits per heavy atom. The van der Waals surface area contributed by atoms with E-state index in [1.54, 1.807) is 4.90 Å². The predicted octanol–water partition coefficient (Wildman–Crippen LogP) is 2.36. The summed E-state index contributed by atoms with van der Waals surface area (Å²) >= 11 is 0. The lowest BCUT2D eigenvalue weighted by atomic mass is 9.76. The van der Waals surface area contributed by atoms with E-state index in [-0.39, 0.29) is 11.8 Å². The zero-order valence-electron chi connectivity index (χ0n) is 12.6. The van der Waals surface area contributed by atoms with Crippen LogP contribution in [-0.4, -0.2) is 27.9 Å². The Balaban J connectivity index is 1.65. The van der Waals surface area contributed by atoms with Gasteiger partial charge in [-0.3, -0.25) is 4.79 Å². The first-order valence-electron chi connectivity index (χ1n) is 7.83. The molecule has 4 heteroatoms. The van der Waals surface area contributed by atoms with Gasteiger partial charge in [0.15, 0.2) is 0 Å². The van der Waals surface area contributed by atoms with Crippen molar-refractivity contribution in [3.05, 3.63) is 70.8 Å². The second kappa shape index (κ2) is 5.23. The molecule has 2 aliphatic rings. The first kappa shape index (κ1) is 14.0. The van der Waals surface area contributed by atoms with E-state index in [1.165, 1.54) is 5.56 Å². The summed E-state index contributed by atoms with van der Waals surface area (Å²) in [6, 6.07) is 14.9. The van der Waals surface area contributed by atoms with Crippen LogP contribution in [0, 0.1) is 0 Å². The molecule has 0 bridgehead atoms. The minimum atomic E-state index is -0.930. The summed E-state index contributed by atoms with van der Waals surface area (Å²) in [4.78, 5) is 26.1. The lowest BCUT2D eigenvalue weighted by Gasteiger charge is -2.39. The molecule has 1 N–H and O–H groups in total. The Kier molecular flexibility index (Phi) is 3.18. The van der Waals surface area contributed by atoms with Crippen LogP contribution in [-0.2, 0) is 29.0 Å². The maximum atomic E-state index is 12.9. The maximum Gasteiger partial charge on any atom is 0.326 e.